The van der Waals surface area contributed by atoms with Gasteiger partial charge in [0.25, 0.3) is 0 Å². The Morgan fingerprint density at radius 1 is 1.00 bits per heavy atom. The number of Topliss-reactive ketones (excluding diaryl/α,β-unsaturated/α-hetero) is 1. The maximum atomic E-state index is 12.8. The van der Waals surface area contributed by atoms with Gasteiger partial charge < -0.3 is 14.7 Å². The molecule has 132 valence electrons. The highest BCUT2D eigenvalue weighted by molar-refractivity contribution is 6.03. The first-order chi connectivity index (χ1) is 12.5. The molecule has 1 atom stereocenters. The lowest BCUT2D eigenvalue weighted by Crippen LogP contribution is -3.08. The first-order valence-corrected chi connectivity index (χ1v) is 8.62. The Balaban J connectivity index is 1.81. The van der Waals surface area contributed by atoms with E-state index in [-0.39, 0.29) is 17.9 Å². The molecular formula is C21H23N4O+. The molecule has 1 N–H and O–H groups in total. The zero-order chi connectivity index (χ0) is 18.7. The SMILES string of the molecule is CN1C(=C(C#N)C(=O)C[NH+](C)Cc2ccccc2)N(C)c2ccccc21. The Hall–Kier alpha value is -3.10. The average molecular weight is 347 g/mol. The van der Waals surface area contributed by atoms with Crippen LogP contribution in [0.3, 0.4) is 0 Å². The third-order valence-electron chi connectivity index (χ3n) is 4.67. The Labute approximate surface area is 154 Å². The van der Waals surface area contributed by atoms with Crippen LogP contribution in [0.25, 0.3) is 0 Å². The van der Waals surface area contributed by atoms with Crippen molar-refractivity contribution in [3.63, 3.8) is 0 Å². The monoisotopic (exact) mass is 347 g/mol. The number of ketones is 1. The summed E-state index contributed by atoms with van der Waals surface area (Å²) >= 11 is 0. The van der Waals surface area contributed by atoms with Crippen molar-refractivity contribution in [2.75, 3.05) is 37.5 Å². The Kier molecular flexibility index (Phi) is 5.06. The second kappa shape index (κ2) is 7.42. The van der Waals surface area contributed by atoms with Gasteiger partial charge in [0.1, 0.15) is 30.6 Å². The third-order valence-corrected chi connectivity index (χ3v) is 4.67. The topological polar surface area (TPSA) is 51.8 Å². The number of para-hydroxylation sites is 2. The molecule has 26 heavy (non-hydrogen) atoms. The molecule has 0 amide bonds. The Morgan fingerprint density at radius 3 is 2.08 bits per heavy atom. The summed E-state index contributed by atoms with van der Waals surface area (Å²) in [7, 11) is 5.76. The van der Waals surface area contributed by atoms with Crippen LogP contribution in [0.4, 0.5) is 11.4 Å². The minimum absolute atomic E-state index is 0.137. The molecule has 5 heteroatoms. The van der Waals surface area contributed by atoms with Gasteiger partial charge in [-0.1, -0.05) is 42.5 Å². The van der Waals surface area contributed by atoms with Crippen molar-refractivity contribution >= 4 is 17.2 Å². The van der Waals surface area contributed by atoms with Crippen molar-refractivity contribution in [3.05, 3.63) is 71.6 Å². The average Bonchev–Trinajstić information content (AvgIpc) is 2.89. The zero-order valence-electron chi connectivity index (χ0n) is 15.4. The normalized spacial score (nSPS) is 14.0. The van der Waals surface area contributed by atoms with Gasteiger partial charge in [0, 0.05) is 19.7 Å². The standard InChI is InChI=1S/C21H22N4O/c1-23(14-16-9-5-4-6-10-16)15-20(26)17(13-22)21-24(2)18-11-7-8-12-19(18)25(21)3/h4-12H,14-15H2,1-3H3/p+1. The molecule has 3 rings (SSSR count). The van der Waals surface area contributed by atoms with E-state index >= 15 is 0 Å². The number of hydrogen-bond donors (Lipinski definition) is 1. The molecule has 2 aromatic carbocycles. The van der Waals surface area contributed by atoms with Gasteiger partial charge in [-0.3, -0.25) is 4.79 Å². The summed E-state index contributed by atoms with van der Waals surface area (Å²) in [4.78, 5) is 17.7. The minimum atomic E-state index is -0.137. The van der Waals surface area contributed by atoms with Crippen molar-refractivity contribution in [2.24, 2.45) is 0 Å². The van der Waals surface area contributed by atoms with Crippen LogP contribution in [-0.4, -0.2) is 33.5 Å². The molecule has 1 unspecified atom stereocenters. The highest BCUT2D eigenvalue weighted by atomic mass is 16.1. The number of fused-ring (bicyclic) bond motifs is 1. The largest absolute Gasteiger partial charge is 0.328 e. The molecule has 0 bridgehead atoms. The predicted molar refractivity (Wildman–Crippen MR) is 103 cm³/mol. The van der Waals surface area contributed by atoms with Crippen LogP contribution in [-0.2, 0) is 11.3 Å². The molecular weight excluding hydrogens is 324 g/mol. The van der Waals surface area contributed by atoms with Crippen LogP contribution in [0.1, 0.15) is 5.56 Å². The van der Waals surface area contributed by atoms with Gasteiger partial charge in [-0.2, -0.15) is 5.26 Å². The number of quaternary nitrogens is 1. The van der Waals surface area contributed by atoms with Crippen LogP contribution in [0.15, 0.2) is 66.0 Å². The number of anilines is 2. The summed E-state index contributed by atoms with van der Waals surface area (Å²) in [6, 6.07) is 20.1. The summed E-state index contributed by atoms with van der Waals surface area (Å²) in [6.45, 7) is 1.02. The fourth-order valence-corrected chi connectivity index (χ4v) is 3.43. The summed E-state index contributed by atoms with van der Waals surface area (Å²) in [5.41, 5.74) is 3.37. The second-order valence-electron chi connectivity index (χ2n) is 6.64. The minimum Gasteiger partial charge on any atom is -0.328 e. The number of likely N-dealkylation sites (N-methyl/N-ethyl adjacent to an activating group) is 1. The summed E-state index contributed by atoms with van der Waals surface area (Å²) in [5, 5.41) is 9.68. The van der Waals surface area contributed by atoms with Gasteiger partial charge in [0.2, 0.25) is 5.78 Å². The molecule has 0 radical (unpaired) electrons. The fraction of sp³-hybridized carbons (Fsp3) is 0.238. The van der Waals surface area contributed by atoms with Crippen LogP contribution in [0.5, 0.6) is 0 Å². The van der Waals surface area contributed by atoms with Crippen LogP contribution < -0.4 is 14.7 Å². The molecule has 1 heterocycles. The predicted octanol–water partition coefficient (Wildman–Crippen LogP) is 1.59. The molecule has 2 aromatic rings. The lowest BCUT2D eigenvalue weighted by molar-refractivity contribution is -0.885. The molecule has 1 aliphatic rings. The molecule has 1 aliphatic heterocycles. The van der Waals surface area contributed by atoms with E-state index in [2.05, 4.69) is 6.07 Å². The zero-order valence-corrected chi connectivity index (χ0v) is 15.4. The van der Waals surface area contributed by atoms with Crippen molar-refractivity contribution in [3.8, 4) is 6.07 Å². The molecule has 0 fully saturated rings. The van der Waals surface area contributed by atoms with Gasteiger partial charge in [-0.05, 0) is 12.1 Å². The number of rotatable bonds is 5. The van der Waals surface area contributed by atoms with E-state index in [0.717, 1.165) is 22.8 Å². The first-order valence-electron chi connectivity index (χ1n) is 8.62. The van der Waals surface area contributed by atoms with Gasteiger partial charge in [0.05, 0.1) is 18.4 Å². The number of carbonyl (C=O) groups is 1. The maximum Gasteiger partial charge on any atom is 0.231 e. The van der Waals surface area contributed by atoms with E-state index in [0.29, 0.717) is 5.82 Å². The number of nitriles is 1. The van der Waals surface area contributed by atoms with E-state index < -0.39 is 0 Å². The summed E-state index contributed by atoms with van der Waals surface area (Å²) in [5.74, 6) is 0.508. The van der Waals surface area contributed by atoms with Crippen molar-refractivity contribution in [2.45, 2.75) is 6.54 Å². The molecule has 0 aliphatic carbocycles. The first kappa shape index (κ1) is 17.7. The highest BCUT2D eigenvalue weighted by Gasteiger charge is 2.32. The van der Waals surface area contributed by atoms with E-state index in [4.69, 9.17) is 0 Å². The highest BCUT2D eigenvalue weighted by Crippen LogP contribution is 2.40. The van der Waals surface area contributed by atoms with Crippen molar-refractivity contribution in [1.29, 1.82) is 5.26 Å². The number of carbonyl (C=O) groups excluding carboxylic acids is 1. The maximum absolute atomic E-state index is 12.8. The molecule has 0 saturated carbocycles. The number of nitrogens with one attached hydrogen (secondary N) is 1. The number of benzene rings is 2. The number of hydrogen-bond acceptors (Lipinski definition) is 4. The van der Waals surface area contributed by atoms with Gasteiger partial charge in [-0.25, -0.2) is 0 Å². The van der Waals surface area contributed by atoms with E-state index in [9.17, 15) is 10.1 Å². The van der Waals surface area contributed by atoms with Crippen molar-refractivity contribution in [1.82, 2.24) is 0 Å². The second-order valence-corrected chi connectivity index (χ2v) is 6.64. The van der Waals surface area contributed by atoms with E-state index in [1.54, 1.807) is 0 Å². The molecule has 0 saturated heterocycles. The quantitative estimate of drug-likeness (QED) is 0.659. The molecule has 5 nitrogen and oxygen atoms in total. The Morgan fingerprint density at radius 2 is 1.54 bits per heavy atom. The molecule has 0 aromatic heterocycles. The van der Waals surface area contributed by atoms with Crippen LogP contribution in [0.2, 0.25) is 0 Å². The van der Waals surface area contributed by atoms with E-state index in [1.807, 2.05) is 85.5 Å². The van der Waals surface area contributed by atoms with Crippen molar-refractivity contribution < 1.29 is 9.69 Å². The molecule has 0 spiro atoms. The van der Waals surface area contributed by atoms with Gasteiger partial charge in [-0.15, -0.1) is 0 Å². The van der Waals surface area contributed by atoms with Gasteiger partial charge in [0.15, 0.2) is 0 Å². The fourth-order valence-electron chi connectivity index (χ4n) is 3.43. The number of nitrogens with zero attached hydrogens (tertiary/aromatic N) is 3. The Bertz CT molecular complexity index is 851. The lowest BCUT2D eigenvalue weighted by Gasteiger charge is -2.20. The van der Waals surface area contributed by atoms with E-state index in [1.165, 1.54) is 5.56 Å². The lowest BCUT2D eigenvalue weighted by atomic mass is 10.1. The summed E-state index contributed by atoms with van der Waals surface area (Å²) < 4.78 is 0. The van der Waals surface area contributed by atoms with Crippen LogP contribution in [0, 0.1) is 11.3 Å². The summed E-state index contributed by atoms with van der Waals surface area (Å²) in [6.07, 6.45) is 0. The third kappa shape index (κ3) is 3.32. The van der Waals surface area contributed by atoms with Crippen LogP contribution >= 0.6 is 0 Å². The smallest absolute Gasteiger partial charge is 0.231 e. The van der Waals surface area contributed by atoms with Gasteiger partial charge >= 0.3 is 0 Å².